The number of hydrogen-bond acceptors (Lipinski definition) is 2. The van der Waals surface area contributed by atoms with E-state index in [0.717, 1.165) is 0 Å². The molecule has 0 heterocycles. The van der Waals surface area contributed by atoms with Crippen molar-refractivity contribution in [3.8, 4) is 5.75 Å². The van der Waals surface area contributed by atoms with Gasteiger partial charge in [0.2, 0.25) is 0 Å². The van der Waals surface area contributed by atoms with Gasteiger partial charge in [-0.3, -0.25) is 4.57 Å². The van der Waals surface area contributed by atoms with Crippen LogP contribution >= 0.6 is 19.2 Å². The molecule has 0 amide bonds. The molecular weight excluding hydrogens is 239 g/mol. The molecule has 0 aliphatic carbocycles. The lowest BCUT2D eigenvalue weighted by Crippen LogP contribution is -2.15. The van der Waals surface area contributed by atoms with E-state index < -0.39 is 13.4 Å². The zero-order valence-corrected chi connectivity index (χ0v) is 9.78. The SMILES string of the molecule is CCC(Oc1ccc(Cl)cc1)P(=O)(O)O. The van der Waals surface area contributed by atoms with Crippen LogP contribution in [0.3, 0.4) is 0 Å². The monoisotopic (exact) mass is 250 g/mol. The first-order valence-electron chi connectivity index (χ1n) is 4.41. The van der Waals surface area contributed by atoms with E-state index in [2.05, 4.69) is 0 Å². The van der Waals surface area contributed by atoms with Gasteiger partial charge in [0.15, 0.2) is 5.85 Å². The Hall–Kier alpha value is -0.540. The van der Waals surface area contributed by atoms with Crippen molar-refractivity contribution in [2.75, 3.05) is 0 Å². The third-order valence-electron chi connectivity index (χ3n) is 1.81. The van der Waals surface area contributed by atoms with Crippen LogP contribution in [-0.2, 0) is 4.57 Å². The minimum absolute atomic E-state index is 0.243. The van der Waals surface area contributed by atoms with Crippen molar-refractivity contribution in [1.82, 2.24) is 0 Å². The maximum absolute atomic E-state index is 11.0. The summed E-state index contributed by atoms with van der Waals surface area (Å²) < 4.78 is 16.1. The van der Waals surface area contributed by atoms with E-state index in [1.165, 1.54) is 0 Å². The maximum Gasteiger partial charge on any atom is 0.365 e. The number of hydrogen-bond donors (Lipinski definition) is 2. The number of rotatable bonds is 4. The molecule has 1 rings (SSSR count). The summed E-state index contributed by atoms with van der Waals surface area (Å²) >= 11 is 5.66. The van der Waals surface area contributed by atoms with Gasteiger partial charge in [-0.2, -0.15) is 0 Å². The Kier molecular flexibility index (Phi) is 4.17. The standard InChI is InChI=1S/C9H12ClO4P/c1-2-9(15(11,12)13)14-8-5-3-7(10)4-6-8/h3-6,9H,2H2,1H3,(H2,11,12,13). The lowest BCUT2D eigenvalue weighted by Gasteiger charge is -2.18. The van der Waals surface area contributed by atoms with Crippen LogP contribution in [0.4, 0.5) is 0 Å². The fourth-order valence-corrected chi connectivity index (χ4v) is 1.92. The van der Waals surface area contributed by atoms with Crippen LogP contribution < -0.4 is 4.74 Å². The predicted molar refractivity (Wildman–Crippen MR) is 58.2 cm³/mol. The molecule has 0 spiro atoms. The second-order valence-electron chi connectivity index (χ2n) is 3.02. The minimum atomic E-state index is -4.21. The highest BCUT2D eigenvalue weighted by molar-refractivity contribution is 7.52. The predicted octanol–water partition coefficient (Wildman–Crippen LogP) is 2.63. The van der Waals surface area contributed by atoms with Gasteiger partial charge >= 0.3 is 7.60 Å². The Morgan fingerprint density at radius 3 is 2.33 bits per heavy atom. The van der Waals surface area contributed by atoms with E-state index in [-0.39, 0.29) is 6.42 Å². The zero-order valence-electron chi connectivity index (χ0n) is 8.13. The lowest BCUT2D eigenvalue weighted by atomic mass is 10.3. The summed E-state index contributed by atoms with van der Waals surface area (Å²) in [5.74, 6) is -0.701. The smallest absolute Gasteiger partial charge is 0.365 e. The highest BCUT2D eigenvalue weighted by Crippen LogP contribution is 2.43. The van der Waals surface area contributed by atoms with Gasteiger partial charge in [-0.15, -0.1) is 0 Å². The van der Waals surface area contributed by atoms with Crippen molar-refractivity contribution in [3.05, 3.63) is 29.3 Å². The molecule has 0 saturated carbocycles. The molecule has 1 aromatic rings. The summed E-state index contributed by atoms with van der Waals surface area (Å²) in [4.78, 5) is 17.9. The average Bonchev–Trinajstić information content (AvgIpc) is 2.15. The molecule has 1 aromatic carbocycles. The van der Waals surface area contributed by atoms with E-state index in [1.54, 1.807) is 31.2 Å². The van der Waals surface area contributed by atoms with Gasteiger partial charge in [0.05, 0.1) is 0 Å². The summed E-state index contributed by atoms with van der Waals surface area (Å²) in [6.07, 6.45) is 0.243. The van der Waals surface area contributed by atoms with Gasteiger partial charge in [-0.05, 0) is 30.7 Å². The summed E-state index contributed by atoms with van der Waals surface area (Å²) in [6, 6.07) is 6.34. The molecule has 0 fully saturated rings. The molecule has 6 heteroatoms. The Morgan fingerprint density at radius 1 is 1.40 bits per heavy atom. The minimum Gasteiger partial charge on any atom is -0.478 e. The van der Waals surface area contributed by atoms with Gasteiger partial charge in [0, 0.05) is 5.02 Å². The summed E-state index contributed by atoms with van der Waals surface area (Å²) in [7, 11) is -4.21. The van der Waals surface area contributed by atoms with Crippen LogP contribution in [-0.4, -0.2) is 15.6 Å². The molecule has 0 aliphatic rings. The van der Waals surface area contributed by atoms with Gasteiger partial charge in [-0.25, -0.2) is 0 Å². The summed E-state index contributed by atoms with van der Waals surface area (Å²) in [5, 5.41) is 0.548. The molecule has 0 aromatic heterocycles. The molecule has 1 unspecified atom stereocenters. The van der Waals surface area contributed by atoms with Crippen LogP contribution in [0.25, 0.3) is 0 Å². The van der Waals surface area contributed by atoms with Gasteiger partial charge < -0.3 is 14.5 Å². The van der Waals surface area contributed by atoms with Gasteiger partial charge in [0.1, 0.15) is 5.75 Å². The van der Waals surface area contributed by atoms with E-state index in [9.17, 15) is 4.57 Å². The maximum atomic E-state index is 11.0. The molecule has 1 atom stereocenters. The molecule has 0 radical (unpaired) electrons. The Balaban J connectivity index is 2.76. The Labute approximate surface area is 93.0 Å². The van der Waals surface area contributed by atoms with E-state index in [1.807, 2.05) is 0 Å². The van der Waals surface area contributed by atoms with Crippen LogP contribution in [0.2, 0.25) is 5.02 Å². The number of benzene rings is 1. The van der Waals surface area contributed by atoms with Crippen LogP contribution in [0, 0.1) is 0 Å². The fourth-order valence-electron chi connectivity index (χ4n) is 1.06. The third-order valence-corrected chi connectivity index (χ3v) is 3.28. The second-order valence-corrected chi connectivity index (χ2v) is 5.21. The van der Waals surface area contributed by atoms with Gasteiger partial charge in [-0.1, -0.05) is 18.5 Å². The van der Waals surface area contributed by atoms with Crippen molar-refractivity contribution >= 4 is 19.2 Å². The molecule has 0 aliphatic heterocycles. The highest BCUT2D eigenvalue weighted by Gasteiger charge is 2.28. The van der Waals surface area contributed by atoms with Crippen LogP contribution in [0.5, 0.6) is 5.75 Å². The summed E-state index contributed by atoms with van der Waals surface area (Å²) in [6.45, 7) is 1.65. The molecule has 0 bridgehead atoms. The van der Waals surface area contributed by atoms with Gasteiger partial charge in [0.25, 0.3) is 0 Å². The number of halogens is 1. The van der Waals surface area contributed by atoms with Crippen molar-refractivity contribution < 1.29 is 19.1 Å². The molecular formula is C9H12ClO4P. The van der Waals surface area contributed by atoms with Crippen molar-refractivity contribution in [3.63, 3.8) is 0 Å². The quantitative estimate of drug-likeness (QED) is 0.806. The second kappa shape index (κ2) is 4.99. The third kappa shape index (κ3) is 3.84. The number of ether oxygens (including phenoxy) is 1. The van der Waals surface area contributed by atoms with Crippen LogP contribution in [0.1, 0.15) is 13.3 Å². The largest absolute Gasteiger partial charge is 0.478 e. The fraction of sp³-hybridized carbons (Fsp3) is 0.333. The summed E-state index contributed by atoms with van der Waals surface area (Å²) in [5.41, 5.74) is 0. The van der Waals surface area contributed by atoms with Crippen LogP contribution in [0.15, 0.2) is 24.3 Å². The Bertz CT molecular complexity index is 359. The molecule has 84 valence electrons. The molecule has 0 saturated heterocycles. The molecule has 2 N–H and O–H groups in total. The first kappa shape index (κ1) is 12.5. The normalized spacial score (nSPS) is 13.6. The van der Waals surface area contributed by atoms with E-state index >= 15 is 0 Å². The lowest BCUT2D eigenvalue weighted by molar-refractivity contribution is 0.219. The molecule has 4 nitrogen and oxygen atoms in total. The zero-order chi connectivity index (χ0) is 11.5. The molecule has 15 heavy (non-hydrogen) atoms. The topological polar surface area (TPSA) is 66.8 Å². The first-order chi connectivity index (χ1) is 6.93. The van der Waals surface area contributed by atoms with Crippen molar-refractivity contribution in [2.24, 2.45) is 0 Å². The van der Waals surface area contributed by atoms with E-state index in [0.29, 0.717) is 10.8 Å². The van der Waals surface area contributed by atoms with Crippen molar-refractivity contribution in [1.29, 1.82) is 0 Å². The van der Waals surface area contributed by atoms with Crippen molar-refractivity contribution in [2.45, 2.75) is 19.2 Å². The Morgan fingerprint density at radius 2 is 1.93 bits per heavy atom. The first-order valence-corrected chi connectivity index (χ1v) is 6.47. The van der Waals surface area contributed by atoms with E-state index in [4.69, 9.17) is 26.1 Å². The average molecular weight is 251 g/mol. The highest BCUT2D eigenvalue weighted by atomic mass is 35.5.